The minimum atomic E-state index is 0.321. The Morgan fingerprint density at radius 1 is 1.47 bits per heavy atom. The summed E-state index contributed by atoms with van der Waals surface area (Å²) < 4.78 is 0. The summed E-state index contributed by atoms with van der Waals surface area (Å²) in [6.07, 6.45) is 3.20. The number of piperidine rings is 1. The lowest BCUT2D eigenvalue weighted by Gasteiger charge is -2.21. The van der Waals surface area contributed by atoms with Crippen LogP contribution in [-0.2, 0) is 6.42 Å². The van der Waals surface area contributed by atoms with Gasteiger partial charge in [-0.05, 0) is 38.3 Å². The Bertz CT molecular complexity index is 370. The van der Waals surface area contributed by atoms with Crippen molar-refractivity contribution in [2.75, 3.05) is 18.8 Å². The molecule has 5 nitrogen and oxygen atoms in total. The van der Waals surface area contributed by atoms with E-state index in [1.54, 1.807) is 0 Å². The minimum absolute atomic E-state index is 0.321. The molecule has 0 saturated carbocycles. The molecule has 0 amide bonds. The fourth-order valence-electron chi connectivity index (χ4n) is 2.04. The van der Waals surface area contributed by atoms with Crippen LogP contribution < -0.4 is 11.1 Å². The van der Waals surface area contributed by atoms with Crippen LogP contribution in [0, 0.1) is 17.2 Å². The number of aromatic nitrogens is 2. The van der Waals surface area contributed by atoms with Gasteiger partial charge in [-0.2, -0.15) is 10.4 Å². The molecular formula is C10H15N5. The third-order valence-corrected chi connectivity index (χ3v) is 2.93. The number of aromatic amines is 1. The van der Waals surface area contributed by atoms with Crippen molar-refractivity contribution in [2.24, 2.45) is 5.92 Å². The van der Waals surface area contributed by atoms with Crippen LogP contribution in [0.1, 0.15) is 24.1 Å². The molecule has 0 unspecified atom stereocenters. The van der Waals surface area contributed by atoms with E-state index >= 15 is 0 Å². The molecule has 4 N–H and O–H groups in total. The monoisotopic (exact) mass is 205 g/mol. The van der Waals surface area contributed by atoms with E-state index in [9.17, 15) is 0 Å². The summed E-state index contributed by atoms with van der Waals surface area (Å²) in [4.78, 5) is 0. The maximum absolute atomic E-state index is 8.92. The highest BCUT2D eigenvalue weighted by Crippen LogP contribution is 2.20. The van der Waals surface area contributed by atoms with Gasteiger partial charge in [0.25, 0.3) is 0 Å². The van der Waals surface area contributed by atoms with Crippen LogP contribution >= 0.6 is 0 Å². The molecule has 1 aliphatic rings. The molecule has 80 valence electrons. The normalized spacial score (nSPS) is 17.5. The maximum Gasteiger partial charge on any atom is 0.163 e. The second-order valence-corrected chi connectivity index (χ2v) is 3.97. The number of nitrogens with one attached hydrogen (secondary N) is 2. The van der Waals surface area contributed by atoms with Gasteiger partial charge in [0, 0.05) is 0 Å². The van der Waals surface area contributed by atoms with Gasteiger partial charge in [-0.1, -0.05) is 0 Å². The molecule has 2 rings (SSSR count). The van der Waals surface area contributed by atoms with Gasteiger partial charge in [0.2, 0.25) is 0 Å². The van der Waals surface area contributed by atoms with Crippen molar-refractivity contribution in [1.29, 1.82) is 5.26 Å². The van der Waals surface area contributed by atoms with Gasteiger partial charge in [0.05, 0.1) is 5.69 Å². The lowest BCUT2D eigenvalue weighted by atomic mass is 9.92. The van der Waals surface area contributed by atoms with Crippen LogP contribution in [0.4, 0.5) is 5.82 Å². The fourth-order valence-corrected chi connectivity index (χ4v) is 2.04. The predicted molar refractivity (Wildman–Crippen MR) is 57.0 cm³/mol. The van der Waals surface area contributed by atoms with E-state index in [-0.39, 0.29) is 0 Å². The van der Waals surface area contributed by atoms with Crippen LogP contribution in [0.5, 0.6) is 0 Å². The Morgan fingerprint density at radius 2 is 2.20 bits per heavy atom. The second kappa shape index (κ2) is 4.32. The lowest BCUT2D eigenvalue weighted by molar-refractivity contribution is 0.370. The molecule has 1 aromatic heterocycles. The average Bonchev–Trinajstić information content (AvgIpc) is 2.61. The third kappa shape index (κ3) is 2.10. The van der Waals surface area contributed by atoms with Crippen LogP contribution in [0.3, 0.4) is 0 Å². The van der Waals surface area contributed by atoms with Gasteiger partial charge < -0.3 is 11.1 Å². The Labute approximate surface area is 88.7 Å². The van der Waals surface area contributed by atoms with Crippen molar-refractivity contribution in [1.82, 2.24) is 15.5 Å². The first-order chi connectivity index (χ1) is 7.31. The second-order valence-electron chi connectivity index (χ2n) is 3.97. The van der Waals surface area contributed by atoms with E-state index in [2.05, 4.69) is 21.6 Å². The van der Waals surface area contributed by atoms with E-state index in [4.69, 9.17) is 11.0 Å². The molecule has 2 heterocycles. The quantitative estimate of drug-likeness (QED) is 0.652. The summed E-state index contributed by atoms with van der Waals surface area (Å²) >= 11 is 0. The Balaban J connectivity index is 2.06. The standard InChI is InChI=1S/C10H15N5/c11-6-8-9(14-15-10(8)12)5-7-1-3-13-4-2-7/h7,13H,1-5H2,(H3,12,14,15). The van der Waals surface area contributed by atoms with E-state index in [1.807, 2.05) is 0 Å². The number of nitrogen functional groups attached to an aromatic ring is 1. The molecule has 1 fully saturated rings. The molecule has 15 heavy (non-hydrogen) atoms. The Morgan fingerprint density at radius 3 is 2.87 bits per heavy atom. The molecule has 0 spiro atoms. The Kier molecular flexibility index (Phi) is 2.88. The van der Waals surface area contributed by atoms with Gasteiger partial charge >= 0.3 is 0 Å². The fraction of sp³-hybridized carbons (Fsp3) is 0.600. The smallest absolute Gasteiger partial charge is 0.163 e. The molecule has 0 bridgehead atoms. The van der Waals surface area contributed by atoms with Crippen molar-refractivity contribution in [3.63, 3.8) is 0 Å². The van der Waals surface area contributed by atoms with Crippen molar-refractivity contribution >= 4 is 5.82 Å². The predicted octanol–water partition coefficient (Wildman–Crippen LogP) is 0.406. The molecule has 1 saturated heterocycles. The zero-order chi connectivity index (χ0) is 10.7. The minimum Gasteiger partial charge on any atom is -0.381 e. The highest BCUT2D eigenvalue weighted by Gasteiger charge is 2.18. The SMILES string of the molecule is N#Cc1c(N)n[nH]c1CC1CCNCC1. The van der Waals surface area contributed by atoms with Crippen molar-refractivity contribution in [2.45, 2.75) is 19.3 Å². The summed E-state index contributed by atoms with van der Waals surface area (Å²) in [6.45, 7) is 2.13. The summed E-state index contributed by atoms with van der Waals surface area (Å²) in [5.41, 5.74) is 6.99. The number of nitriles is 1. The highest BCUT2D eigenvalue weighted by molar-refractivity contribution is 5.50. The van der Waals surface area contributed by atoms with Crippen LogP contribution in [0.15, 0.2) is 0 Å². The van der Waals surface area contributed by atoms with Crippen LogP contribution in [0.25, 0.3) is 0 Å². The molecule has 0 radical (unpaired) electrons. The van der Waals surface area contributed by atoms with Crippen LogP contribution in [-0.4, -0.2) is 23.3 Å². The van der Waals surface area contributed by atoms with Crippen molar-refractivity contribution in [3.8, 4) is 6.07 Å². The van der Waals surface area contributed by atoms with Gasteiger partial charge in [0.1, 0.15) is 11.6 Å². The number of hydrogen-bond donors (Lipinski definition) is 3. The summed E-state index contributed by atoms with van der Waals surface area (Å²) in [7, 11) is 0. The first-order valence-electron chi connectivity index (χ1n) is 5.24. The van der Waals surface area contributed by atoms with Crippen LogP contribution in [0.2, 0.25) is 0 Å². The molecule has 0 aromatic carbocycles. The average molecular weight is 205 g/mol. The molecule has 1 aromatic rings. The molecule has 1 aliphatic heterocycles. The Hall–Kier alpha value is -1.54. The molecule has 0 atom stereocenters. The van der Waals surface area contributed by atoms with E-state index in [0.717, 1.165) is 38.0 Å². The largest absolute Gasteiger partial charge is 0.381 e. The summed E-state index contributed by atoms with van der Waals surface area (Å²) in [5.74, 6) is 0.958. The highest BCUT2D eigenvalue weighted by atomic mass is 15.2. The van der Waals surface area contributed by atoms with Gasteiger partial charge in [-0.25, -0.2) is 0 Å². The van der Waals surface area contributed by atoms with Gasteiger partial charge in [0.15, 0.2) is 5.82 Å². The summed E-state index contributed by atoms with van der Waals surface area (Å²) in [5, 5.41) is 19.0. The van der Waals surface area contributed by atoms with E-state index < -0.39 is 0 Å². The lowest BCUT2D eigenvalue weighted by Crippen LogP contribution is -2.28. The molecular weight excluding hydrogens is 190 g/mol. The zero-order valence-electron chi connectivity index (χ0n) is 8.58. The van der Waals surface area contributed by atoms with Crippen molar-refractivity contribution < 1.29 is 0 Å². The third-order valence-electron chi connectivity index (χ3n) is 2.93. The maximum atomic E-state index is 8.92. The van der Waals surface area contributed by atoms with Gasteiger partial charge in [-0.15, -0.1) is 0 Å². The zero-order valence-corrected chi connectivity index (χ0v) is 8.58. The molecule has 0 aliphatic carbocycles. The first kappa shape index (κ1) is 9.99. The number of hydrogen-bond acceptors (Lipinski definition) is 4. The van der Waals surface area contributed by atoms with E-state index in [0.29, 0.717) is 17.3 Å². The molecule has 5 heteroatoms. The van der Waals surface area contributed by atoms with Crippen molar-refractivity contribution in [3.05, 3.63) is 11.3 Å². The first-order valence-corrected chi connectivity index (χ1v) is 5.24. The topological polar surface area (TPSA) is 90.5 Å². The summed E-state index contributed by atoms with van der Waals surface area (Å²) in [6, 6.07) is 2.10. The number of nitrogens with zero attached hydrogens (tertiary/aromatic N) is 2. The van der Waals surface area contributed by atoms with E-state index in [1.165, 1.54) is 0 Å². The number of rotatable bonds is 2. The van der Waals surface area contributed by atoms with Gasteiger partial charge in [-0.3, -0.25) is 5.10 Å². The number of anilines is 1. The number of H-pyrrole nitrogens is 1. The number of nitrogens with two attached hydrogens (primary N) is 1.